The predicted octanol–water partition coefficient (Wildman–Crippen LogP) is 0.967. The molecule has 0 aliphatic rings. The molecule has 1 atom stereocenters. The number of rotatable bonds is 4. The number of aliphatic hydroxyl groups excluding tert-OH is 1. The zero-order valence-electron chi connectivity index (χ0n) is 7.19. The van der Waals surface area contributed by atoms with Gasteiger partial charge in [0.15, 0.2) is 0 Å². The minimum absolute atomic E-state index is 0.0675. The zero-order chi connectivity index (χ0) is 8.97. The van der Waals surface area contributed by atoms with E-state index in [4.69, 9.17) is 5.11 Å². The second-order valence-electron chi connectivity index (χ2n) is 2.92. The standard InChI is InChI=1S/C7H13N3OS/c1-5(2)6(3-11)9-7-10-8-4-12-7/h4-6,11H,3H2,1-2H3,(H,9,10)/t6-/m1/s1. The Kier molecular flexibility index (Phi) is 3.43. The molecule has 0 aliphatic carbocycles. The van der Waals surface area contributed by atoms with Crippen molar-refractivity contribution in [2.24, 2.45) is 5.92 Å². The van der Waals surface area contributed by atoms with Crippen LogP contribution in [0.3, 0.4) is 0 Å². The second-order valence-corrected chi connectivity index (χ2v) is 3.75. The maximum atomic E-state index is 8.99. The Hall–Kier alpha value is -0.680. The Morgan fingerprint density at radius 1 is 1.67 bits per heavy atom. The molecule has 0 aliphatic heterocycles. The lowest BCUT2D eigenvalue weighted by atomic mass is 10.1. The molecule has 1 aromatic rings. The Balaban J connectivity index is 2.48. The summed E-state index contributed by atoms with van der Waals surface area (Å²) in [6.07, 6.45) is 0. The van der Waals surface area contributed by atoms with Gasteiger partial charge in [0.1, 0.15) is 5.51 Å². The van der Waals surface area contributed by atoms with Crippen molar-refractivity contribution in [3.8, 4) is 0 Å². The molecule has 68 valence electrons. The highest BCUT2D eigenvalue weighted by Crippen LogP contribution is 2.13. The van der Waals surface area contributed by atoms with Crippen molar-refractivity contribution in [2.75, 3.05) is 11.9 Å². The summed E-state index contributed by atoms with van der Waals surface area (Å²) in [5.74, 6) is 0.388. The van der Waals surface area contributed by atoms with Crippen molar-refractivity contribution < 1.29 is 5.11 Å². The minimum Gasteiger partial charge on any atom is -0.394 e. The number of aromatic nitrogens is 2. The molecule has 0 amide bonds. The summed E-state index contributed by atoms with van der Waals surface area (Å²) in [5, 5.41) is 20.4. The molecule has 0 aromatic carbocycles. The molecular formula is C7H13N3OS. The van der Waals surface area contributed by atoms with Crippen LogP contribution in [0, 0.1) is 5.92 Å². The summed E-state index contributed by atoms with van der Waals surface area (Å²) in [7, 11) is 0. The molecule has 1 aromatic heterocycles. The van der Waals surface area contributed by atoms with E-state index in [0.29, 0.717) is 5.92 Å². The molecule has 2 N–H and O–H groups in total. The number of nitrogens with one attached hydrogen (secondary N) is 1. The normalized spacial score (nSPS) is 13.3. The molecule has 0 spiro atoms. The highest BCUT2D eigenvalue weighted by molar-refractivity contribution is 7.13. The molecule has 0 saturated carbocycles. The van der Waals surface area contributed by atoms with E-state index in [1.54, 1.807) is 5.51 Å². The predicted molar refractivity (Wildman–Crippen MR) is 49.2 cm³/mol. The van der Waals surface area contributed by atoms with Gasteiger partial charge in [0, 0.05) is 0 Å². The van der Waals surface area contributed by atoms with Crippen LogP contribution in [0.4, 0.5) is 5.13 Å². The number of nitrogens with zero attached hydrogens (tertiary/aromatic N) is 2. The lowest BCUT2D eigenvalue weighted by Crippen LogP contribution is -2.29. The largest absolute Gasteiger partial charge is 0.394 e. The molecule has 5 heteroatoms. The fourth-order valence-corrected chi connectivity index (χ4v) is 1.33. The Morgan fingerprint density at radius 3 is 2.83 bits per heavy atom. The van der Waals surface area contributed by atoms with Gasteiger partial charge >= 0.3 is 0 Å². The molecule has 12 heavy (non-hydrogen) atoms. The van der Waals surface area contributed by atoms with Gasteiger partial charge < -0.3 is 10.4 Å². The highest BCUT2D eigenvalue weighted by atomic mass is 32.1. The van der Waals surface area contributed by atoms with Gasteiger partial charge in [-0.1, -0.05) is 25.2 Å². The molecular weight excluding hydrogens is 174 g/mol. The van der Waals surface area contributed by atoms with Crippen molar-refractivity contribution in [1.82, 2.24) is 10.2 Å². The number of hydrogen-bond acceptors (Lipinski definition) is 5. The van der Waals surface area contributed by atoms with Crippen molar-refractivity contribution >= 4 is 16.5 Å². The van der Waals surface area contributed by atoms with E-state index in [1.807, 2.05) is 0 Å². The molecule has 0 radical (unpaired) electrons. The third-order valence-electron chi connectivity index (χ3n) is 1.67. The average Bonchev–Trinajstić information content (AvgIpc) is 2.51. The van der Waals surface area contributed by atoms with Crippen LogP contribution in [0.5, 0.6) is 0 Å². The van der Waals surface area contributed by atoms with Gasteiger partial charge in [0.05, 0.1) is 12.6 Å². The van der Waals surface area contributed by atoms with Gasteiger partial charge in [-0.15, -0.1) is 10.2 Å². The Labute approximate surface area is 75.6 Å². The third kappa shape index (κ3) is 2.42. The van der Waals surface area contributed by atoms with E-state index in [-0.39, 0.29) is 12.6 Å². The third-order valence-corrected chi connectivity index (χ3v) is 2.29. The van der Waals surface area contributed by atoms with Crippen LogP contribution < -0.4 is 5.32 Å². The van der Waals surface area contributed by atoms with Crippen LogP contribution in [-0.4, -0.2) is 28.0 Å². The monoisotopic (exact) mass is 187 g/mol. The van der Waals surface area contributed by atoms with Gasteiger partial charge in [0.2, 0.25) is 5.13 Å². The van der Waals surface area contributed by atoms with Crippen LogP contribution in [0.1, 0.15) is 13.8 Å². The number of aliphatic hydroxyl groups is 1. The molecule has 1 rings (SSSR count). The maximum absolute atomic E-state index is 8.99. The van der Waals surface area contributed by atoms with Crippen molar-refractivity contribution in [1.29, 1.82) is 0 Å². The van der Waals surface area contributed by atoms with Crippen LogP contribution in [0.15, 0.2) is 5.51 Å². The summed E-state index contributed by atoms with van der Waals surface area (Å²) in [6, 6.07) is 0.0675. The summed E-state index contributed by atoms with van der Waals surface area (Å²) in [4.78, 5) is 0. The van der Waals surface area contributed by atoms with Gasteiger partial charge in [-0.3, -0.25) is 0 Å². The van der Waals surface area contributed by atoms with E-state index in [9.17, 15) is 0 Å². The number of hydrogen-bond donors (Lipinski definition) is 2. The lowest BCUT2D eigenvalue weighted by molar-refractivity contribution is 0.249. The molecule has 0 saturated heterocycles. The summed E-state index contributed by atoms with van der Waals surface area (Å²) in [6.45, 7) is 4.22. The first kappa shape index (κ1) is 9.41. The van der Waals surface area contributed by atoms with Gasteiger partial charge in [-0.2, -0.15) is 0 Å². The first-order valence-electron chi connectivity index (χ1n) is 3.87. The van der Waals surface area contributed by atoms with Crippen LogP contribution in [0.25, 0.3) is 0 Å². The van der Waals surface area contributed by atoms with Gasteiger partial charge in [0.25, 0.3) is 0 Å². The fourth-order valence-electron chi connectivity index (χ4n) is 0.818. The molecule has 4 nitrogen and oxygen atoms in total. The van der Waals surface area contributed by atoms with Crippen LogP contribution in [0.2, 0.25) is 0 Å². The summed E-state index contributed by atoms with van der Waals surface area (Å²) >= 11 is 1.44. The quantitative estimate of drug-likeness (QED) is 0.737. The smallest absolute Gasteiger partial charge is 0.205 e. The lowest BCUT2D eigenvalue weighted by Gasteiger charge is -2.18. The van der Waals surface area contributed by atoms with Crippen molar-refractivity contribution in [3.05, 3.63) is 5.51 Å². The van der Waals surface area contributed by atoms with Gasteiger partial charge in [-0.05, 0) is 5.92 Å². The number of anilines is 1. The van der Waals surface area contributed by atoms with E-state index >= 15 is 0 Å². The minimum atomic E-state index is 0.0675. The molecule has 0 bridgehead atoms. The van der Waals surface area contributed by atoms with Crippen molar-refractivity contribution in [3.63, 3.8) is 0 Å². The van der Waals surface area contributed by atoms with Crippen LogP contribution in [-0.2, 0) is 0 Å². The fraction of sp³-hybridized carbons (Fsp3) is 0.714. The topological polar surface area (TPSA) is 58.0 Å². The first-order chi connectivity index (χ1) is 5.74. The molecule has 0 unspecified atom stereocenters. The van der Waals surface area contributed by atoms with E-state index in [1.165, 1.54) is 11.3 Å². The van der Waals surface area contributed by atoms with Crippen LogP contribution >= 0.6 is 11.3 Å². The maximum Gasteiger partial charge on any atom is 0.205 e. The molecule has 0 fully saturated rings. The van der Waals surface area contributed by atoms with E-state index in [2.05, 4.69) is 29.4 Å². The Morgan fingerprint density at radius 2 is 2.42 bits per heavy atom. The van der Waals surface area contributed by atoms with E-state index < -0.39 is 0 Å². The summed E-state index contributed by atoms with van der Waals surface area (Å²) in [5.41, 5.74) is 1.66. The first-order valence-corrected chi connectivity index (χ1v) is 4.75. The zero-order valence-corrected chi connectivity index (χ0v) is 8.01. The average molecular weight is 187 g/mol. The summed E-state index contributed by atoms with van der Waals surface area (Å²) < 4.78 is 0. The SMILES string of the molecule is CC(C)[C@@H](CO)Nc1nncs1. The molecule has 1 heterocycles. The second kappa shape index (κ2) is 4.37. The Bertz CT molecular complexity index is 212. The van der Waals surface area contributed by atoms with E-state index in [0.717, 1.165) is 5.13 Å². The van der Waals surface area contributed by atoms with Gasteiger partial charge in [-0.25, -0.2) is 0 Å². The van der Waals surface area contributed by atoms with Crippen molar-refractivity contribution in [2.45, 2.75) is 19.9 Å². The highest BCUT2D eigenvalue weighted by Gasteiger charge is 2.12.